The molecule has 2 rings (SSSR count). The summed E-state index contributed by atoms with van der Waals surface area (Å²) in [6, 6.07) is 11.1. The highest BCUT2D eigenvalue weighted by Crippen LogP contribution is 2.31. The number of benzene rings is 2. The van der Waals surface area contributed by atoms with E-state index >= 15 is 0 Å². The lowest BCUT2D eigenvalue weighted by Crippen LogP contribution is -2.03. The summed E-state index contributed by atoms with van der Waals surface area (Å²) in [5.74, 6) is 0.539. The molecule has 0 aliphatic heterocycles. The van der Waals surface area contributed by atoms with Crippen LogP contribution >= 0.6 is 0 Å². The van der Waals surface area contributed by atoms with Crippen LogP contribution in [0.2, 0.25) is 0 Å². The smallest absolute Gasteiger partial charge is 0.387 e. The number of alkyl halides is 2. The van der Waals surface area contributed by atoms with E-state index in [-0.39, 0.29) is 12.4 Å². The fourth-order valence-corrected chi connectivity index (χ4v) is 2.19. The fraction of sp³-hybridized carbons (Fsp3) is 0.211. The van der Waals surface area contributed by atoms with Crippen LogP contribution in [-0.2, 0) is 16.1 Å². The zero-order valence-electron chi connectivity index (χ0n) is 14.3. The van der Waals surface area contributed by atoms with Gasteiger partial charge < -0.3 is 18.9 Å². The predicted octanol–water partition coefficient (Wildman–Crippen LogP) is 4.06. The first kappa shape index (κ1) is 19.2. The summed E-state index contributed by atoms with van der Waals surface area (Å²) in [5.41, 5.74) is 1.31. The van der Waals surface area contributed by atoms with Crippen LogP contribution in [0, 0.1) is 0 Å². The second-order valence-corrected chi connectivity index (χ2v) is 5.04. The Bertz CT molecular complexity index is 757. The van der Waals surface area contributed by atoms with Gasteiger partial charge in [-0.3, -0.25) is 0 Å². The standard InChI is InChI=1S/C19H18F2O5/c1-23-16-5-3-4-14(18(16)24-2)12-25-17(22)11-8-13-6-9-15(10-7-13)26-19(20)21/h3-11,19H,12H2,1-2H3. The largest absolute Gasteiger partial charge is 0.493 e. The average Bonchev–Trinajstić information content (AvgIpc) is 2.64. The molecule has 0 N–H and O–H groups in total. The minimum atomic E-state index is -2.88. The van der Waals surface area contributed by atoms with E-state index in [0.717, 1.165) is 0 Å². The summed E-state index contributed by atoms with van der Waals surface area (Å²) in [6.07, 6.45) is 2.76. The van der Waals surface area contributed by atoms with Gasteiger partial charge in [0.1, 0.15) is 12.4 Å². The fourth-order valence-electron chi connectivity index (χ4n) is 2.19. The van der Waals surface area contributed by atoms with Crippen molar-refractivity contribution in [3.63, 3.8) is 0 Å². The Morgan fingerprint density at radius 1 is 1.08 bits per heavy atom. The molecular formula is C19H18F2O5. The third-order valence-electron chi connectivity index (χ3n) is 3.37. The van der Waals surface area contributed by atoms with Crippen LogP contribution in [0.1, 0.15) is 11.1 Å². The maximum Gasteiger partial charge on any atom is 0.387 e. The molecule has 0 saturated carbocycles. The minimum Gasteiger partial charge on any atom is -0.493 e. The van der Waals surface area contributed by atoms with Crippen molar-refractivity contribution < 1.29 is 32.5 Å². The van der Waals surface area contributed by atoms with Gasteiger partial charge in [-0.25, -0.2) is 4.79 Å². The van der Waals surface area contributed by atoms with Gasteiger partial charge in [0.15, 0.2) is 11.5 Å². The molecule has 0 aliphatic rings. The molecule has 138 valence electrons. The summed E-state index contributed by atoms with van der Waals surface area (Å²) in [7, 11) is 3.03. The van der Waals surface area contributed by atoms with Crippen molar-refractivity contribution in [1.82, 2.24) is 0 Å². The van der Waals surface area contributed by atoms with Crippen molar-refractivity contribution in [2.75, 3.05) is 14.2 Å². The van der Waals surface area contributed by atoms with Crippen LogP contribution in [0.4, 0.5) is 8.78 Å². The van der Waals surface area contributed by atoms with Crippen LogP contribution in [0.15, 0.2) is 48.5 Å². The molecule has 0 atom stereocenters. The van der Waals surface area contributed by atoms with E-state index in [0.29, 0.717) is 22.6 Å². The maximum atomic E-state index is 12.1. The zero-order chi connectivity index (χ0) is 18.9. The summed E-state index contributed by atoms with van der Waals surface area (Å²) < 4.78 is 44.1. The van der Waals surface area contributed by atoms with Crippen LogP contribution < -0.4 is 14.2 Å². The first-order valence-corrected chi connectivity index (χ1v) is 7.63. The topological polar surface area (TPSA) is 54.0 Å². The average molecular weight is 364 g/mol. The van der Waals surface area contributed by atoms with Crippen LogP contribution in [-0.4, -0.2) is 26.8 Å². The Balaban J connectivity index is 1.94. The predicted molar refractivity (Wildman–Crippen MR) is 91.5 cm³/mol. The van der Waals surface area contributed by atoms with Crippen LogP contribution in [0.5, 0.6) is 17.2 Å². The third kappa shape index (κ3) is 5.47. The van der Waals surface area contributed by atoms with Gasteiger partial charge in [-0.05, 0) is 29.8 Å². The molecule has 0 heterocycles. The number of hydrogen-bond donors (Lipinski definition) is 0. The maximum absolute atomic E-state index is 12.1. The SMILES string of the molecule is COc1cccc(COC(=O)C=Cc2ccc(OC(F)F)cc2)c1OC. The van der Waals surface area contributed by atoms with Crippen molar-refractivity contribution >= 4 is 12.0 Å². The second kappa shape index (κ2) is 9.41. The first-order valence-electron chi connectivity index (χ1n) is 7.63. The molecule has 0 bridgehead atoms. The van der Waals surface area contributed by atoms with Crippen molar-refractivity contribution in [2.24, 2.45) is 0 Å². The van der Waals surface area contributed by atoms with Gasteiger partial charge in [0.05, 0.1) is 14.2 Å². The molecule has 26 heavy (non-hydrogen) atoms. The number of rotatable bonds is 8. The van der Waals surface area contributed by atoms with E-state index in [4.69, 9.17) is 14.2 Å². The summed E-state index contributed by atoms with van der Waals surface area (Å²) in [4.78, 5) is 11.9. The van der Waals surface area contributed by atoms with Gasteiger partial charge in [0.25, 0.3) is 0 Å². The highest BCUT2D eigenvalue weighted by molar-refractivity contribution is 5.87. The third-order valence-corrected chi connectivity index (χ3v) is 3.37. The van der Waals surface area contributed by atoms with Crippen molar-refractivity contribution in [3.8, 4) is 17.2 Å². The second-order valence-electron chi connectivity index (χ2n) is 5.04. The lowest BCUT2D eigenvalue weighted by molar-refractivity contribution is -0.138. The Morgan fingerprint density at radius 3 is 2.42 bits per heavy atom. The molecule has 7 heteroatoms. The van der Waals surface area contributed by atoms with Gasteiger partial charge in [0.2, 0.25) is 0 Å². The number of halogens is 2. The van der Waals surface area contributed by atoms with E-state index in [1.54, 1.807) is 30.3 Å². The van der Waals surface area contributed by atoms with E-state index in [9.17, 15) is 13.6 Å². The minimum absolute atomic E-state index is 0.0186. The number of hydrogen-bond acceptors (Lipinski definition) is 5. The van der Waals surface area contributed by atoms with Gasteiger partial charge in [-0.2, -0.15) is 8.78 Å². The van der Waals surface area contributed by atoms with E-state index in [1.165, 1.54) is 38.5 Å². The molecule has 0 saturated heterocycles. The van der Waals surface area contributed by atoms with Gasteiger partial charge in [-0.1, -0.05) is 24.3 Å². The molecule has 0 radical (unpaired) electrons. The molecule has 0 aliphatic carbocycles. The molecule has 2 aromatic carbocycles. The Kier molecular flexibility index (Phi) is 6.96. The van der Waals surface area contributed by atoms with Crippen molar-refractivity contribution in [2.45, 2.75) is 13.2 Å². The molecule has 0 amide bonds. The van der Waals surface area contributed by atoms with Gasteiger partial charge >= 0.3 is 12.6 Å². The number of carbonyl (C=O) groups is 1. The highest BCUT2D eigenvalue weighted by atomic mass is 19.3. The Hall–Kier alpha value is -3.09. The number of methoxy groups -OCH3 is 2. The normalized spacial score (nSPS) is 10.8. The zero-order valence-corrected chi connectivity index (χ0v) is 14.3. The molecule has 2 aromatic rings. The lowest BCUT2D eigenvalue weighted by Gasteiger charge is -2.12. The monoisotopic (exact) mass is 364 g/mol. The van der Waals surface area contributed by atoms with E-state index in [2.05, 4.69) is 4.74 Å². The molecule has 0 fully saturated rings. The van der Waals surface area contributed by atoms with Crippen molar-refractivity contribution in [3.05, 3.63) is 59.7 Å². The number of ether oxygens (including phenoxy) is 4. The molecule has 5 nitrogen and oxygen atoms in total. The van der Waals surface area contributed by atoms with Crippen LogP contribution in [0.3, 0.4) is 0 Å². The van der Waals surface area contributed by atoms with Gasteiger partial charge in [-0.15, -0.1) is 0 Å². The molecule has 0 unspecified atom stereocenters. The number of carbonyl (C=O) groups excluding carboxylic acids is 1. The summed E-state index contributed by atoms with van der Waals surface area (Å²) >= 11 is 0. The highest BCUT2D eigenvalue weighted by Gasteiger charge is 2.10. The number of para-hydroxylation sites is 1. The van der Waals surface area contributed by atoms with Gasteiger partial charge in [0, 0.05) is 11.6 Å². The van der Waals surface area contributed by atoms with Crippen molar-refractivity contribution in [1.29, 1.82) is 0 Å². The molecular weight excluding hydrogens is 346 g/mol. The van der Waals surface area contributed by atoms with Crippen LogP contribution in [0.25, 0.3) is 6.08 Å². The molecule has 0 aromatic heterocycles. The van der Waals surface area contributed by atoms with E-state index in [1.807, 2.05) is 0 Å². The summed E-state index contributed by atoms with van der Waals surface area (Å²) in [5, 5.41) is 0. The van der Waals surface area contributed by atoms with E-state index < -0.39 is 12.6 Å². The Morgan fingerprint density at radius 2 is 1.81 bits per heavy atom. The lowest BCUT2D eigenvalue weighted by atomic mass is 10.2. The first-order chi connectivity index (χ1) is 12.5. The summed E-state index contributed by atoms with van der Waals surface area (Å²) in [6.45, 7) is -2.86. The Labute approximate surface area is 149 Å². The number of esters is 1. The quantitative estimate of drug-likeness (QED) is 0.522. The molecule has 0 spiro atoms.